The van der Waals surface area contributed by atoms with Crippen LogP contribution < -0.4 is 16.2 Å². The molecule has 0 fully saturated rings. The highest BCUT2D eigenvalue weighted by atomic mass is 16.5. The fraction of sp³-hybridized carbons (Fsp3) is 0.294. The number of esters is 1. The van der Waals surface area contributed by atoms with Gasteiger partial charge in [0.2, 0.25) is 0 Å². The second kappa shape index (κ2) is 6.76. The molecule has 1 aromatic heterocycles. The van der Waals surface area contributed by atoms with E-state index in [0.29, 0.717) is 22.2 Å². The highest BCUT2D eigenvalue weighted by Gasteiger charge is 2.29. The lowest BCUT2D eigenvalue weighted by Crippen LogP contribution is -2.50. The van der Waals surface area contributed by atoms with E-state index in [1.54, 1.807) is 38.1 Å². The second-order valence-electron chi connectivity index (χ2n) is 5.63. The fourth-order valence-corrected chi connectivity index (χ4v) is 2.79. The summed E-state index contributed by atoms with van der Waals surface area (Å²) in [6.07, 6.45) is 1.40. The molecule has 8 nitrogen and oxygen atoms in total. The first-order valence-corrected chi connectivity index (χ1v) is 7.93. The lowest BCUT2D eigenvalue weighted by atomic mass is 10.0. The zero-order valence-electron chi connectivity index (χ0n) is 13.9. The van der Waals surface area contributed by atoms with Crippen LogP contribution in [0.15, 0.2) is 46.7 Å². The number of carbonyl (C=O) groups is 2. The number of amides is 2. The van der Waals surface area contributed by atoms with Gasteiger partial charge in [0.25, 0.3) is 5.56 Å². The van der Waals surface area contributed by atoms with Gasteiger partial charge in [-0.05, 0) is 26.0 Å². The molecule has 0 saturated heterocycles. The molecule has 0 spiro atoms. The van der Waals surface area contributed by atoms with Gasteiger partial charge >= 0.3 is 12.0 Å². The number of hydrogen-bond acceptors (Lipinski definition) is 5. The van der Waals surface area contributed by atoms with Crippen molar-refractivity contribution < 1.29 is 14.3 Å². The van der Waals surface area contributed by atoms with Gasteiger partial charge in [-0.15, -0.1) is 0 Å². The highest BCUT2D eigenvalue weighted by Crippen LogP contribution is 2.16. The normalized spacial score (nSPS) is 17.2. The van der Waals surface area contributed by atoms with Gasteiger partial charge in [0.05, 0.1) is 47.7 Å². The van der Waals surface area contributed by atoms with E-state index in [-0.39, 0.29) is 18.7 Å². The van der Waals surface area contributed by atoms with Crippen molar-refractivity contribution in [1.29, 1.82) is 0 Å². The van der Waals surface area contributed by atoms with Crippen LogP contribution in [0.4, 0.5) is 4.79 Å². The van der Waals surface area contributed by atoms with Gasteiger partial charge in [-0.1, -0.05) is 12.1 Å². The maximum absolute atomic E-state index is 12.6. The number of hydrogen-bond donors (Lipinski definition) is 2. The number of allylic oxidation sites excluding steroid dienone is 1. The number of benzene rings is 1. The molecule has 1 aliphatic rings. The number of aromatic nitrogens is 2. The van der Waals surface area contributed by atoms with Gasteiger partial charge in [-0.3, -0.25) is 9.36 Å². The maximum Gasteiger partial charge on any atom is 0.337 e. The molecule has 2 amide bonds. The van der Waals surface area contributed by atoms with E-state index < -0.39 is 18.0 Å². The molecule has 3 rings (SSSR count). The average molecular weight is 342 g/mol. The summed E-state index contributed by atoms with van der Waals surface area (Å²) in [5, 5.41) is 5.69. The summed E-state index contributed by atoms with van der Waals surface area (Å²) in [7, 11) is 0. The van der Waals surface area contributed by atoms with Crippen molar-refractivity contribution in [3.8, 4) is 0 Å². The number of para-hydroxylation sites is 1. The Hall–Kier alpha value is -3.16. The Bertz CT molecular complexity index is 932. The largest absolute Gasteiger partial charge is 0.463 e. The Morgan fingerprint density at radius 3 is 2.84 bits per heavy atom. The zero-order chi connectivity index (χ0) is 18.0. The van der Waals surface area contributed by atoms with Crippen molar-refractivity contribution in [2.45, 2.75) is 26.4 Å². The summed E-state index contributed by atoms with van der Waals surface area (Å²) in [6, 6.07) is 6.04. The molecule has 1 aromatic carbocycles. The first-order valence-electron chi connectivity index (χ1n) is 7.93. The van der Waals surface area contributed by atoms with Crippen LogP contribution in [-0.4, -0.2) is 34.2 Å². The molecule has 0 unspecified atom stereocenters. The van der Waals surface area contributed by atoms with Gasteiger partial charge < -0.3 is 15.4 Å². The van der Waals surface area contributed by atoms with Gasteiger partial charge in [-0.25, -0.2) is 14.6 Å². The van der Waals surface area contributed by atoms with Crippen molar-refractivity contribution in [2.24, 2.45) is 0 Å². The second-order valence-corrected chi connectivity index (χ2v) is 5.63. The third-order valence-electron chi connectivity index (χ3n) is 3.93. The van der Waals surface area contributed by atoms with E-state index in [2.05, 4.69) is 15.6 Å². The quantitative estimate of drug-likeness (QED) is 0.804. The predicted octanol–water partition coefficient (Wildman–Crippen LogP) is 0.915. The molecule has 2 N–H and O–H groups in total. The van der Waals surface area contributed by atoms with Crippen LogP contribution in [-0.2, 0) is 16.1 Å². The first kappa shape index (κ1) is 16.7. The highest BCUT2D eigenvalue weighted by molar-refractivity contribution is 5.94. The van der Waals surface area contributed by atoms with E-state index >= 15 is 0 Å². The van der Waals surface area contributed by atoms with Crippen molar-refractivity contribution in [3.05, 3.63) is 52.2 Å². The summed E-state index contributed by atoms with van der Waals surface area (Å²) >= 11 is 0. The molecule has 1 aliphatic heterocycles. The monoisotopic (exact) mass is 342 g/mol. The number of urea groups is 1. The van der Waals surface area contributed by atoms with Crippen molar-refractivity contribution in [3.63, 3.8) is 0 Å². The Morgan fingerprint density at radius 1 is 1.32 bits per heavy atom. The van der Waals surface area contributed by atoms with Gasteiger partial charge in [-0.2, -0.15) is 0 Å². The fourth-order valence-electron chi connectivity index (χ4n) is 2.79. The minimum Gasteiger partial charge on any atom is -0.463 e. The van der Waals surface area contributed by atoms with E-state index in [9.17, 15) is 14.4 Å². The van der Waals surface area contributed by atoms with Gasteiger partial charge in [0, 0.05) is 0 Å². The smallest absolute Gasteiger partial charge is 0.337 e. The zero-order valence-corrected chi connectivity index (χ0v) is 13.9. The van der Waals surface area contributed by atoms with Crippen LogP contribution in [0.2, 0.25) is 0 Å². The standard InChI is InChI=1S/C17H18N4O4/c1-3-25-16(23)14-10(2)19-17(24)20-13(14)8-21-9-18-12-7-5-4-6-11(12)15(21)22/h4-7,9-10H,3,8H2,1-2H3,(H2,19,20,24)/t10-/m1/s1. The van der Waals surface area contributed by atoms with Crippen LogP contribution in [0.5, 0.6) is 0 Å². The molecule has 25 heavy (non-hydrogen) atoms. The Morgan fingerprint density at radius 2 is 2.08 bits per heavy atom. The van der Waals surface area contributed by atoms with E-state index in [1.165, 1.54) is 10.9 Å². The Balaban J connectivity index is 2.05. The lowest BCUT2D eigenvalue weighted by Gasteiger charge is -2.26. The van der Waals surface area contributed by atoms with Crippen LogP contribution in [0.3, 0.4) is 0 Å². The number of fused-ring (bicyclic) bond motifs is 1. The predicted molar refractivity (Wildman–Crippen MR) is 90.8 cm³/mol. The molecule has 0 radical (unpaired) electrons. The van der Waals surface area contributed by atoms with Crippen molar-refractivity contribution in [1.82, 2.24) is 20.2 Å². The average Bonchev–Trinajstić information content (AvgIpc) is 2.57. The van der Waals surface area contributed by atoms with Gasteiger partial charge in [0.15, 0.2) is 0 Å². The van der Waals surface area contributed by atoms with E-state index in [1.807, 2.05) is 0 Å². The van der Waals surface area contributed by atoms with Crippen LogP contribution in [0.1, 0.15) is 13.8 Å². The molecule has 0 bridgehead atoms. The molecule has 8 heteroatoms. The minimum absolute atomic E-state index is 0.0164. The maximum atomic E-state index is 12.6. The number of nitrogens with zero attached hydrogens (tertiary/aromatic N) is 2. The summed E-state index contributed by atoms with van der Waals surface area (Å²) in [6.45, 7) is 3.62. The number of nitrogens with one attached hydrogen (secondary N) is 2. The third-order valence-corrected chi connectivity index (χ3v) is 3.93. The number of carbonyl (C=O) groups excluding carboxylic acids is 2. The molecule has 2 heterocycles. The summed E-state index contributed by atoms with van der Waals surface area (Å²) < 4.78 is 6.42. The van der Waals surface area contributed by atoms with Crippen LogP contribution in [0.25, 0.3) is 10.9 Å². The van der Waals surface area contributed by atoms with Crippen LogP contribution >= 0.6 is 0 Å². The van der Waals surface area contributed by atoms with Crippen molar-refractivity contribution >= 4 is 22.9 Å². The van der Waals surface area contributed by atoms with E-state index in [4.69, 9.17) is 4.74 Å². The molecular formula is C17H18N4O4. The summed E-state index contributed by atoms with van der Waals surface area (Å²) in [5.74, 6) is -0.528. The first-order chi connectivity index (χ1) is 12.0. The molecule has 1 atom stereocenters. The number of rotatable bonds is 4. The van der Waals surface area contributed by atoms with Crippen molar-refractivity contribution in [2.75, 3.05) is 6.61 Å². The molecule has 2 aromatic rings. The van der Waals surface area contributed by atoms with E-state index in [0.717, 1.165) is 0 Å². The summed E-state index contributed by atoms with van der Waals surface area (Å²) in [4.78, 5) is 40.9. The molecule has 0 saturated carbocycles. The lowest BCUT2D eigenvalue weighted by molar-refractivity contribution is -0.139. The summed E-state index contributed by atoms with van der Waals surface area (Å²) in [5.41, 5.74) is 0.961. The molecular weight excluding hydrogens is 324 g/mol. The van der Waals surface area contributed by atoms with Crippen LogP contribution in [0, 0.1) is 0 Å². The number of ether oxygens (including phenoxy) is 1. The van der Waals surface area contributed by atoms with Gasteiger partial charge in [0.1, 0.15) is 0 Å². The topological polar surface area (TPSA) is 102 Å². The Labute approximate surface area is 143 Å². The third kappa shape index (κ3) is 3.23. The Kier molecular flexibility index (Phi) is 4.51. The minimum atomic E-state index is -0.528. The molecule has 0 aliphatic carbocycles. The SMILES string of the molecule is CCOC(=O)C1=C(Cn2cnc3ccccc3c2=O)NC(=O)N[C@@H]1C. The molecule has 130 valence electrons.